The number of likely N-dealkylation sites (N-methyl/N-ethyl adjacent to an activating group) is 1. The number of benzene rings is 1. The first-order valence-corrected chi connectivity index (χ1v) is 6.42. The number of aliphatic carboxylic acids is 1. The molecule has 19 heavy (non-hydrogen) atoms. The molecule has 1 N–H and O–H groups in total. The average molecular weight is 284 g/mol. The van der Waals surface area contributed by atoms with E-state index in [0.717, 1.165) is 17.3 Å². The van der Waals surface area contributed by atoms with Crippen molar-refractivity contribution in [3.63, 3.8) is 0 Å². The van der Waals surface area contributed by atoms with Crippen LogP contribution in [0.3, 0.4) is 0 Å². The van der Waals surface area contributed by atoms with Crippen LogP contribution >= 0.6 is 11.6 Å². The van der Waals surface area contributed by atoms with Crippen LogP contribution in [0.5, 0.6) is 0 Å². The van der Waals surface area contributed by atoms with Crippen LogP contribution in [0.15, 0.2) is 24.3 Å². The maximum absolute atomic E-state index is 10.6. The van der Waals surface area contributed by atoms with Gasteiger partial charge < -0.3 is 14.7 Å². The summed E-state index contributed by atoms with van der Waals surface area (Å²) in [4.78, 5) is 12.6. The van der Waals surface area contributed by atoms with Crippen LogP contribution in [-0.2, 0) is 9.53 Å². The largest absolute Gasteiger partial charge is 0.478 e. The lowest BCUT2D eigenvalue weighted by molar-refractivity contribution is -0.131. The van der Waals surface area contributed by atoms with Crippen LogP contribution in [0.4, 0.5) is 5.69 Å². The summed E-state index contributed by atoms with van der Waals surface area (Å²) in [5.41, 5.74) is 1.58. The monoisotopic (exact) mass is 283 g/mol. The number of hydrogen-bond donors (Lipinski definition) is 1. The standard InChI is InChI=1S/C14H18ClNO3/c1-3-19-10-9-16(2)14-11(7-8-13(17)18)5-4-6-12(14)15/h4-8H,3,9-10H2,1-2H3,(H,17,18)/b8-7+. The molecule has 1 aromatic rings. The zero-order valence-electron chi connectivity index (χ0n) is 11.1. The Morgan fingerprint density at radius 1 is 1.53 bits per heavy atom. The van der Waals surface area contributed by atoms with E-state index < -0.39 is 5.97 Å². The molecule has 1 aromatic carbocycles. The van der Waals surface area contributed by atoms with E-state index >= 15 is 0 Å². The molecule has 0 bridgehead atoms. The van der Waals surface area contributed by atoms with Crippen LogP contribution in [0.25, 0.3) is 6.08 Å². The van der Waals surface area contributed by atoms with Crippen LogP contribution < -0.4 is 4.90 Å². The van der Waals surface area contributed by atoms with E-state index in [2.05, 4.69) is 0 Å². The fourth-order valence-electron chi connectivity index (χ4n) is 1.69. The van der Waals surface area contributed by atoms with Gasteiger partial charge in [0.15, 0.2) is 0 Å². The van der Waals surface area contributed by atoms with Gasteiger partial charge in [0, 0.05) is 26.3 Å². The molecule has 1 rings (SSSR count). The Labute approximate surface area is 118 Å². The average Bonchev–Trinajstić information content (AvgIpc) is 2.36. The number of halogens is 1. The van der Waals surface area contributed by atoms with Gasteiger partial charge in [-0.25, -0.2) is 4.79 Å². The Kier molecular flexibility index (Phi) is 6.39. The van der Waals surface area contributed by atoms with Gasteiger partial charge >= 0.3 is 5.97 Å². The zero-order chi connectivity index (χ0) is 14.3. The first kappa shape index (κ1) is 15.5. The van der Waals surface area contributed by atoms with E-state index in [0.29, 0.717) is 24.8 Å². The highest BCUT2D eigenvalue weighted by Gasteiger charge is 2.10. The molecule has 0 spiro atoms. The minimum absolute atomic E-state index is 0.589. The highest BCUT2D eigenvalue weighted by molar-refractivity contribution is 6.33. The highest BCUT2D eigenvalue weighted by Crippen LogP contribution is 2.29. The minimum atomic E-state index is -0.983. The van der Waals surface area contributed by atoms with Crippen molar-refractivity contribution in [2.24, 2.45) is 0 Å². The van der Waals surface area contributed by atoms with Gasteiger partial charge in [0.1, 0.15) is 0 Å². The van der Waals surface area contributed by atoms with Gasteiger partial charge in [0.25, 0.3) is 0 Å². The van der Waals surface area contributed by atoms with Crippen molar-refractivity contribution < 1.29 is 14.6 Å². The summed E-state index contributed by atoms with van der Waals surface area (Å²) >= 11 is 6.19. The van der Waals surface area contributed by atoms with Crippen LogP contribution in [-0.4, -0.2) is 37.9 Å². The van der Waals surface area contributed by atoms with Crippen molar-refractivity contribution in [3.05, 3.63) is 34.9 Å². The quantitative estimate of drug-likeness (QED) is 0.617. The maximum atomic E-state index is 10.6. The van der Waals surface area contributed by atoms with E-state index in [4.69, 9.17) is 21.4 Å². The third-order valence-corrected chi connectivity index (χ3v) is 2.89. The number of para-hydroxylation sites is 1. The molecule has 0 atom stereocenters. The summed E-state index contributed by atoms with van der Waals surface area (Å²) in [7, 11) is 1.90. The smallest absolute Gasteiger partial charge is 0.328 e. The van der Waals surface area contributed by atoms with E-state index in [1.165, 1.54) is 0 Å². The lowest BCUT2D eigenvalue weighted by Crippen LogP contribution is -2.23. The second-order valence-corrected chi connectivity index (χ2v) is 4.37. The van der Waals surface area contributed by atoms with Crippen molar-refractivity contribution in [2.75, 3.05) is 31.7 Å². The van der Waals surface area contributed by atoms with Crippen LogP contribution in [0, 0.1) is 0 Å². The molecule has 0 aliphatic rings. The Hall–Kier alpha value is -1.52. The van der Waals surface area contributed by atoms with E-state index in [1.807, 2.05) is 24.9 Å². The fourth-order valence-corrected chi connectivity index (χ4v) is 2.01. The molecule has 104 valence electrons. The van der Waals surface area contributed by atoms with Gasteiger partial charge in [-0.3, -0.25) is 0 Å². The number of rotatable bonds is 7. The highest BCUT2D eigenvalue weighted by atomic mass is 35.5. The van der Waals surface area contributed by atoms with Gasteiger partial charge in [-0.2, -0.15) is 0 Å². The molecule has 0 unspecified atom stereocenters. The first-order chi connectivity index (χ1) is 9.06. The van der Waals surface area contributed by atoms with Crippen molar-refractivity contribution in [3.8, 4) is 0 Å². The number of carboxylic acids is 1. The fraction of sp³-hybridized carbons (Fsp3) is 0.357. The van der Waals surface area contributed by atoms with Crippen LogP contribution in [0.1, 0.15) is 12.5 Å². The maximum Gasteiger partial charge on any atom is 0.328 e. The Balaban J connectivity index is 2.93. The Morgan fingerprint density at radius 3 is 2.89 bits per heavy atom. The molecule has 0 aliphatic heterocycles. The summed E-state index contributed by atoms with van der Waals surface area (Å²) in [6.07, 6.45) is 2.65. The third kappa shape index (κ3) is 4.93. The van der Waals surface area contributed by atoms with Crippen molar-refractivity contribution in [1.82, 2.24) is 0 Å². The van der Waals surface area contributed by atoms with Crippen molar-refractivity contribution in [2.45, 2.75) is 6.92 Å². The topological polar surface area (TPSA) is 49.8 Å². The van der Waals surface area contributed by atoms with Crippen molar-refractivity contribution in [1.29, 1.82) is 0 Å². The molecule has 5 heteroatoms. The van der Waals surface area contributed by atoms with Gasteiger partial charge in [0.05, 0.1) is 17.3 Å². The second-order valence-electron chi connectivity index (χ2n) is 3.97. The van der Waals surface area contributed by atoms with Crippen molar-refractivity contribution >= 4 is 29.3 Å². The lowest BCUT2D eigenvalue weighted by Gasteiger charge is -2.22. The number of anilines is 1. The van der Waals surface area contributed by atoms with E-state index in [-0.39, 0.29) is 0 Å². The third-order valence-electron chi connectivity index (χ3n) is 2.58. The Bertz CT molecular complexity index is 460. The van der Waals surface area contributed by atoms with E-state index in [1.54, 1.807) is 18.2 Å². The molecule has 0 amide bonds. The summed E-state index contributed by atoms with van der Waals surface area (Å²) in [6.45, 7) is 3.89. The second kappa shape index (κ2) is 7.81. The predicted octanol–water partition coefficient (Wildman–Crippen LogP) is 2.91. The normalized spacial score (nSPS) is 10.9. The minimum Gasteiger partial charge on any atom is -0.478 e. The predicted molar refractivity (Wildman–Crippen MR) is 77.9 cm³/mol. The molecular weight excluding hydrogens is 266 g/mol. The number of carbonyl (C=O) groups is 1. The van der Waals surface area contributed by atoms with Gasteiger partial charge in [-0.1, -0.05) is 23.7 Å². The Morgan fingerprint density at radius 2 is 2.26 bits per heavy atom. The molecule has 0 radical (unpaired) electrons. The van der Waals surface area contributed by atoms with Gasteiger partial charge in [-0.05, 0) is 24.6 Å². The van der Waals surface area contributed by atoms with Gasteiger partial charge in [-0.15, -0.1) is 0 Å². The summed E-state index contributed by atoms with van der Waals surface area (Å²) in [5.74, 6) is -0.983. The number of carboxylic acid groups (broad SMARTS) is 1. The summed E-state index contributed by atoms with van der Waals surface area (Å²) in [6, 6.07) is 5.41. The molecule has 0 heterocycles. The first-order valence-electron chi connectivity index (χ1n) is 6.04. The molecule has 0 saturated carbocycles. The molecular formula is C14H18ClNO3. The number of nitrogens with zero attached hydrogens (tertiary/aromatic N) is 1. The number of ether oxygens (including phenoxy) is 1. The molecule has 0 saturated heterocycles. The zero-order valence-corrected chi connectivity index (χ0v) is 11.9. The molecule has 0 aliphatic carbocycles. The lowest BCUT2D eigenvalue weighted by atomic mass is 10.1. The summed E-state index contributed by atoms with van der Waals surface area (Å²) < 4.78 is 5.31. The van der Waals surface area contributed by atoms with Crippen LogP contribution in [0.2, 0.25) is 5.02 Å². The van der Waals surface area contributed by atoms with E-state index in [9.17, 15) is 4.79 Å². The number of hydrogen-bond acceptors (Lipinski definition) is 3. The molecule has 4 nitrogen and oxygen atoms in total. The molecule has 0 aromatic heterocycles. The SMILES string of the molecule is CCOCCN(C)c1c(Cl)cccc1/C=C/C(=O)O. The van der Waals surface area contributed by atoms with Gasteiger partial charge in [0.2, 0.25) is 0 Å². The summed E-state index contributed by atoms with van der Waals surface area (Å²) in [5, 5.41) is 9.28. The molecule has 0 fully saturated rings.